The van der Waals surface area contributed by atoms with E-state index in [2.05, 4.69) is 6.07 Å². The van der Waals surface area contributed by atoms with Crippen LogP contribution in [0.3, 0.4) is 0 Å². The van der Waals surface area contributed by atoms with Crippen molar-refractivity contribution in [2.75, 3.05) is 12.8 Å². The number of hydrogen-bond donors (Lipinski definition) is 1. The van der Waals surface area contributed by atoms with Gasteiger partial charge in [0.1, 0.15) is 0 Å². The monoisotopic (exact) mass is 163 g/mol. The number of benzene rings is 1. The molecule has 0 heterocycles. The maximum absolute atomic E-state index is 5.68. The first-order chi connectivity index (χ1) is 5.79. The van der Waals surface area contributed by atoms with E-state index in [1.54, 1.807) is 7.11 Å². The Balaban J connectivity index is 2.30. The van der Waals surface area contributed by atoms with Crippen molar-refractivity contribution in [3.8, 4) is 0 Å². The van der Waals surface area contributed by atoms with Crippen molar-refractivity contribution in [1.82, 2.24) is 0 Å². The number of rotatable bonds is 1. The van der Waals surface area contributed by atoms with Crippen molar-refractivity contribution in [3.05, 3.63) is 29.3 Å². The molecule has 2 nitrogen and oxygen atoms in total. The minimum Gasteiger partial charge on any atom is -0.399 e. The molecule has 1 aromatic carbocycles. The average molecular weight is 163 g/mol. The Morgan fingerprint density at radius 1 is 1.33 bits per heavy atom. The first-order valence-corrected chi connectivity index (χ1v) is 4.19. The second kappa shape index (κ2) is 2.79. The first kappa shape index (κ1) is 7.62. The van der Waals surface area contributed by atoms with E-state index in [0.29, 0.717) is 6.10 Å². The van der Waals surface area contributed by atoms with Gasteiger partial charge in [0.2, 0.25) is 0 Å². The highest BCUT2D eigenvalue weighted by atomic mass is 16.5. The number of methoxy groups -OCH3 is 1. The second-order valence-corrected chi connectivity index (χ2v) is 3.29. The minimum absolute atomic E-state index is 0.363. The van der Waals surface area contributed by atoms with Crippen LogP contribution >= 0.6 is 0 Å². The molecular weight excluding hydrogens is 150 g/mol. The molecule has 2 heteroatoms. The first-order valence-electron chi connectivity index (χ1n) is 4.19. The van der Waals surface area contributed by atoms with Crippen molar-refractivity contribution in [2.24, 2.45) is 0 Å². The van der Waals surface area contributed by atoms with Crippen LogP contribution in [0.25, 0.3) is 0 Å². The molecule has 0 bridgehead atoms. The molecule has 64 valence electrons. The summed E-state index contributed by atoms with van der Waals surface area (Å²) < 4.78 is 5.29. The van der Waals surface area contributed by atoms with Gasteiger partial charge in [-0.1, -0.05) is 6.07 Å². The Bertz CT molecular complexity index is 296. The molecule has 2 rings (SSSR count). The highest BCUT2D eigenvalue weighted by Gasteiger charge is 2.20. The molecule has 0 radical (unpaired) electrons. The highest BCUT2D eigenvalue weighted by Crippen LogP contribution is 2.25. The van der Waals surface area contributed by atoms with Crippen LogP contribution in [0.1, 0.15) is 11.1 Å². The lowest BCUT2D eigenvalue weighted by molar-refractivity contribution is 0.112. The number of hydrogen-bond acceptors (Lipinski definition) is 2. The maximum atomic E-state index is 5.68. The number of nitrogens with two attached hydrogens (primary N) is 1. The third kappa shape index (κ3) is 1.18. The van der Waals surface area contributed by atoms with Crippen molar-refractivity contribution >= 4 is 5.69 Å². The van der Waals surface area contributed by atoms with Gasteiger partial charge < -0.3 is 10.5 Å². The molecule has 1 aliphatic carbocycles. The Kier molecular flexibility index (Phi) is 1.77. The summed E-state index contributed by atoms with van der Waals surface area (Å²) >= 11 is 0. The van der Waals surface area contributed by atoms with E-state index in [-0.39, 0.29) is 0 Å². The van der Waals surface area contributed by atoms with Gasteiger partial charge in [0.25, 0.3) is 0 Å². The molecule has 1 aliphatic rings. The zero-order valence-electron chi connectivity index (χ0n) is 7.21. The normalized spacial score (nSPS) is 20.9. The van der Waals surface area contributed by atoms with Gasteiger partial charge in [0.15, 0.2) is 0 Å². The molecular formula is C10H13NO. The van der Waals surface area contributed by atoms with E-state index in [1.165, 1.54) is 11.1 Å². The molecule has 1 aromatic rings. The largest absolute Gasteiger partial charge is 0.399 e. The molecule has 2 N–H and O–H groups in total. The molecule has 1 unspecified atom stereocenters. The molecule has 0 saturated heterocycles. The van der Waals surface area contributed by atoms with Crippen LogP contribution in [0.15, 0.2) is 18.2 Å². The molecule has 0 amide bonds. The lowest BCUT2D eigenvalue weighted by atomic mass is 10.1. The summed E-state index contributed by atoms with van der Waals surface area (Å²) in [6.45, 7) is 0. The third-order valence-corrected chi connectivity index (χ3v) is 2.46. The summed E-state index contributed by atoms with van der Waals surface area (Å²) in [5, 5.41) is 0. The van der Waals surface area contributed by atoms with E-state index in [4.69, 9.17) is 10.5 Å². The third-order valence-electron chi connectivity index (χ3n) is 2.46. The Labute approximate surface area is 72.3 Å². The smallest absolute Gasteiger partial charge is 0.0652 e. The lowest BCUT2D eigenvalue weighted by Gasteiger charge is -2.03. The zero-order valence-corrected chi connectivity index (χ0v) is 7.21. The Morgan fingerprint density at radius 3 is 2.83 bits per heavy atom. The molecule has 0 spiro atoms. The van der Waals surface area contributed by atoms with Crippen LogP contribution in [-0.2, 0) is 17.6 Å². The fourth-order valence-corrected chi connectivity index (χ4v) is 1.76. The summed E-state index contributed by atoms with van der Waals surface area (Å²) in [7, 11) is 1.76. The predicted molar refractivity (Wildman–Crippen MR) is 49.1 cm³/mol. The van der Waals surface area contributed by atoms with Crippen LogP contribution in [-0.4, -0.2) is 13.2 Å². The predicted octanol–water partition coefficient (Wildman–Crippen LogP) is 1.38. The van der Waals surface area contributed by atoms with Gasteiger partial charge in [-0.15, -0.1) is 0 Å². The quantitative estimate of drug-likeness (QED) is 0.635. The standard InChI is InChI=1S/C10H13NO/c1-12-10-5-7-2-3-9(11)4-8(7)6-10/h2-4,10H,5-6,11H2,1H3. The van der Waals surface area contributed by atoms with Crippen LogP contribution in [0.2, 0.25) is 0 Å². The van der Waals surface area contributed by atoms with Gasteiger partial charge in [-0.2, -0.15) is 0 Å². The summed E-state index contributed by atoms with van der Waals surface area (Å²) in [6, 6.07) is 6.11. The fraction of sp³-hybridized carbons (Fsp3) is 0.400. The average Bonchev–Trinajstić information content (AvgIpc) is 2.46. The minimum atomic E-state index is 0.363. The van der Waals surface area contributed by atoms with Crippen molar-refractivity contribution in [3.63, 3.8) is 0 Å². The van der Waals surface area contributed by atoms with Crippen LogP contribution in [0.5, 0.6) is 0 Å². The van der Waals surface area contributed by atoms with Gasteiger partial charge in [-0.05, 0) is 36.1 Å². The second-order valence-electron chi connectivity index (χ2n) is 3.29. The number of anilines is 1. The summed E-state index contributed by atoms with van der Waals surface area (Å²) in [5.74, 6) is 0. The molecule has 0 fully saturated rings. The molecule has 0 aliphatic heterocycles. The summed E-state index contributed by atoms with van der Waals surface area (Å²) in [4.78, 5) is 0. The molecule has 1 atom stereocenters. The van der Waals surface area contributed by atoms with E-state index >= 15 is 0 Å². The van der Waals surface area contributed by atoms with Crippen molar-refractivity contribution < 1.29 is 4.74 Å². The maximum Gasteiger partial charge on any atom is 0.0652 e. The van der Waals surface area contributed by atoms with E-state index in [9.17, 15) is 0 Å². The number of ether oxygens (including phenoxy) is 1. The van der Waals surface area contributed by atoms with E-state index in [1.807, 2.05) is 12.1 Å². The van der Waals surface area contributed by atoms with Crippen LogP contribution in [0, 0.1) is 0 Å². The van der Waals surface area contributed by atoms with Gasteiger partial charge in [0, 0.05) is 12.8 Å². The molecule has 0 aromatic heterocycles. The van der Waals surface area contributed by atoms with Crippen LogP contribution in [0.4, 0.5) is 5.69 Å². The molecule has 12 heavy (non-hydrogen) atoms. The van der Waals surface area contributed by atoms with Gasteiger partial charge in [-0.3, -0.25) is 0 Å². The van der Waals surface area contributed by atoms with Gasteiger partial charge in [0.05, 0.1) is 6.10 Å². The van der Waals surface area contributed by atoms with Crippen LogP contribution < -0.4 is 5.73 Å². The fourth-order valence-electron chi connectivity index (χ4n) is 1.76. The summed E-state index contributed by atoms with van der Waals surface area (Å²) in [5.41, 5.74) is 9.26. The number of nitrogen functional groups attached to an aromatic ring is 1. The van der Waals surface area contributed by atoms with E-state index in [0.717, 1.165) is 18.5 Å². The summed E-state index contributed by atoms with van der Waals surface area (Å²) in [6.07, 6.45) is 2.41. The van der Waals surface area contributed by atoms with E-state index < -0.39 is 0 Å². The Hall–Kier alpha value is -1.02. The zero-order chi connectivity index (χ0) is 8.55. The lowest BCUT2D eigenvalue weighted by Crippen LogP contribution is -2.08. The topological polar surface area (TPSA) is 35.2 Å². The van der Waals surface area contributed by atoms with Gasteiger partial charge >= 0.3 is 0 Å². The highest BCUT2D eigenvalue weighted by molar-refractivity contribution is 5.47. The SMILES string of the molecule is COC1Cc2ccc(N)cc2C1. The van der Waals surface area contributed by atoms with Crippen molar-refractivity contribution in [2.45, 2.75) is 18.9 Å². The van der Waals surface area contributed by atoms with Gasteiger partial charge in [-0.25, -0.2) is 0 Å². The Morgan fingerprint density at radius 2 is 2.08 bits per heavy atom. The number of fused-ring (bicyclic) bond motifs is 1. The molecule has 0 saturated carbocycles. The van der Waals surface area contributed by atoms with Crippen molar-refractivity contribution in [1.29, 1.82) is 0 Å².